The zero-order valence-corrected chi connectivity index (χ0v) is 13.8. The molecule has 23 heavy (non-hydrogen) atoms. The highest BCUT2D eigenvalue weighted by atomic mass is 32.1. The van der Waals surface area contributed by atoms with Crippen molar-refractivity contribution in [3.63, 3.8) is 0 Å². The SMILES string of the molecule is Cc1ncsc1-c1csc(CC(=O)Cc2c(F)cccc2F)n1. The van der Waals surface area contributed by atoms with E-state index in [9.17, 15) is 13.6 Å². The number of hydrogen-bond acceptors (Lipinski definition) is 5. The number of aromatic nitrogens is 2. The number of carbonyl (C=O) groups is 1. The molecule has 0 atom stereocenters. The van der Waals surface area contributed by atoms with Crippen LogP contribution in [0.5, 0.6) is 0 Å². The summed E-state index contributed by atoms with van der Waals surface area (Å²) >= 11 is 2.85. The molecule has 0 aliphatic rings. The van der Waals surface area contributed by atoms with Crippen LogP contribution in [0.2, 0.25) is 0 Å². The Labute approximate surface area is 139 Å². The normalized spacial score (nSPS) is 10.9. The van der Waals surface area contributed by atoms with E-state index in [1.807, 2.05) is 12.3 Å². The van der Waals surface area contributed by atoms with E-state index < -0.39 is 11.6 Å². The maximum atomic E-state index is 13.6. The monoisotopic (exact) mass is 350 g/mol. The summed E-state index contributed by atoms with van der Waals surface area (Å²) in [5.41, 5.74) is 3.24. The summed E-state index contributed by atoms with van der Waals surface area (Å²) in [6.07, 6.45) is -0.205. The predicted molar refractivity (Wildman–Crippen MR) is 86.7 cm³/mol. The van der Waals surface area contributed by atoms with Crippen LogP contribution in [0.25, 0.3) is 10.6 Å². The molecule has 0 unspecified atom stereocenters. The number of aryl methyl sites for hydroxylation is 1. The van der Waals surface area contributed by atoms with Crippen LogP contribution in [0.3, 0.4) is 0 Å². The van der Waals surface area contributed by atoms with Crippen molar-refractivity contribution in [2.75, 3.05) is 0 Å². The van der Waals surface area contributed by atoms with Gasteiger partial charge in [0.25, 0.3) is 0 Å². The predicted octanol–water partition coefficient (Wildman–Crippen LogP) is 4.21. The van der Waals surface area contributed by atoms with Gasteiger partial charge in [-0.3, -0.25) is 4.79 Å². The Balaban J connectivity index is 1.72. The van der Waals surface area contributed by atoms with E-state index in [4.69, 9.17) is 0 Å². The second kappa shape index (κ2) is 6.64. The minimum Gasteiger partial charge on any atom is -0.299 e. The minimum atomic E-state index is -0.696. The smallest absolute Gasteiger partial charge is 0.144 e. The van der Waals surface area contributed by atoms with Gasteiger partial charge >= 0.3 is 0 Å². The molecule has 0 saturated heterocycles. The summed E-state index contributed by atoms with van der Waals surface area (Å²) in [4.78, 5) is 21.6. The summed E-state index contributed by atoms with van der Waals surface area (Å²) in [5.74, 6) is -1.66. The van der Waals surface area contributed by atoms with Crippen molar-refractivity contribution in [2.45, 2.75) is 19.8 Å². The fraction of sp³-hybridized carbons (Fsp3) is 0.188. The third-order valence-corrected chi connectivity index (χ3v) is 5.11. The fourth-order valence-electron chi connectivity index (χ4n) is 2.17. The molecule has 0 aliphatic heterocycles. The molecule has 0 N–H and O–H groups in total. The Morgan fingerprint density at radius 3 is 2.57 bits per heavy atom. The maximum absolute atomic E-state index is 13.6. The highest BCUT2D eigenvalue weighted by Gasteiger charge is 2.16. The molecule has 2 aromatic heterocycles. The number of Topliss-reactive ketones (excluding diaryl/α,β-unsaturated/α-hetero) is 1. The maximum Gasteiger partial charge on any atom is 0.144 e. The van der Waals surface area contributed by atoms with Crippen molar-refractivity contribution < 1.29 is 13.6 Å². The Hall–Kier alpha value is -1.99. The van der Waals surface area contributed by atoms with Crippen molar-refractivity contribution >= 4 is 28.5 Å². The van der Waals surface area contributed by atoms with Crippen molar-refractivity contribution in [3.05, 3.63) is 57.0 Å². The molecule has 7 heteroatoms. The molecule has 0 aliphatic carbocycles. The van der Waals surface area contributed by atoms with Crippen LogP contribution in [-0.2, 0) is 17.6 Å². The number of carbonyl (C=O) groups excluding carboxylic acids is 1. The molecule has 1 aromatic carbocycles. The van der Waals surface area contributed by atoms with Gasteiger partial charge < -0.3 is 0 Å². The molecule has 0 fully saturated rings. The molecule has 118 valence electrons. The number of nitrogens with zero attached hydrogens (tertiary/aromatic N) is 2. The van der Waals surface area contributed by atoms with E-state index in [1.54, 1.807) is 5.51 Å². The van der Waals surface area contributed by atoms with Crippen LogP contribution >= 0.6 is 22.7 Å². The number of thiazole rings is 2. The second-order valence-corrected chi connectivity index (χ2v) is 6.78. The van der Waals surface area contributed by atoms with Crippen LogP contribution < -0.4 is 0 Å². The molecule has 2 heterocycles. The number of hydrogen-bond donors (Lipinski definition) is 0. The molecule has 3 aromatic rings. The van der Waals surface area contributed by atoms with Gasteiger partial charge in [-0.1, -0.05) is 6.07 Å². The van der Waals surface area contributed by atoms with E-state index in [0.717, 1.165) is 28.4 Å². The van der Waals surface area contributed by atoms with Crippen molar-refractivity contribution in [2.24, 2.45) is 0 Å². The number of benzene rings is 1. The lowest BCUT2D eigenvalue weighted by molar-refractivity contribution is -0.117. The summed E-state index contributed by atoms with van der Waals surface area (Å²) in [7, 11) is 0. The zero-order chi connectivity index (χ0) is 16.4. The third-order valence-electron chi connectivity index (χ3n) is 3.31. The van der Waals surface area contributed by atoms with Gasteiger partial charge in [0.15, 0.2) is 0 Å². The first-order valence-corrected chi connectivity index (χ1v) is 8.60. The molecule has 0 amide bonds. The molecule has 3 rings (SSSR count). The molecule has 0 spiro atoms. The molecular formula is C16H12F2N2OS2. The Morgan fingerprint density at radius 2 is 1.91 bits per heavy atom. The molecule has 3 nitrogen and oxygen atoms in total. The van der Waals surface area contributed by atoms with Crippen LogP contribution in [0.15, 0.2) is 29.1 Å². The largest absolute Gasteiger partial charge is 0.299 e. The fourth-order valence-corrected chi connectivity index (χ4v) is 3.83. The van der Waals surface area contributed by atoms with E-state index in [2.05, 4.69) is 9.97 Å². The molecule has 0 radical (unpaired) electrons. The first-order valence-electron chi connectivity index (χ1n) is 6.84. The lowest BCUT2D eigenvalue weighted by atomic mass is 10.1. The second-order valence-electron chi connectivity index (χ2n) is 4.99. The first-order chi connectivity index (χ1) is 11.0. The zero-order valence-electron chi connectivity index (χ0n) is 12.2. The van der Waals surface area contributed by atoms with Gasteiger partial charge in [-0.15, -0.1) is 22.7 Å². The van der Waals surface area contributed by atoms with Crippen LogP contribution in [-0.4, -0.2) is 15.8 Å². The van der Waals surface area contributed by atoms with Gasteiger partial charge in [0.05, 0.1) is 28.2 Å². The van der Waals surface area contributed by atoms with Crippen LogP contribution in [0.1, 0.15) is 16.3 Å². The molecule has 0 saturated carbocycles. The van der Waals surface area contributed by atoms with Gasteiger partial charge in [-0.2, -0.15) is 0 Å². The average Bonchev–Trinajstić information content (AvgIpc) is 3.12. The molecule has 0 bridgehead atoms. The quantitative estimate of drug-likeness (QED) is 0.692. The number of ketones is 1. The number of rotatable bonds is 5. The van der Waals surface area contributed by atoms with Gasteiger partial charge in [-0.05, 0) is 19.1 Å². The van der Waals surface area contributed by atoms with E-state index >= 15 is 0 Å². The topological polar surface area (TPSA) is 42.9 Å². The highest BCUT2D eigenvalue weighted by molar-refractivity contribution is 7.14. The highest BCUT2D eigenvalue weighted by Crippen LogP contribution is 2.28. The lowest BCUT2D eigenvalue weighted by Crippen LogP contribution is -2.09. The standard InChI is InChI=1S/C16H12F2N2OS2/c1-9-16(23-8-19-9)14-7-22-15(20-14)6-10(21)5-11-12(17)3-2-4-13(11)18/h2-4,7-8H,5-6H2,1H3. The van der Waals surface area contributed by atoms with Crippen molar-refractivity contribution in [1.82, 2.24) is 9.97 Å². The van der Waals surface area contributed by atoms with Gasteiger partial charge in [-0.25, -0.2) is 18.7 Å². The summed E-state index contributed by atoms with van der Waals surface area (Å²) < 4.78 is 27.1. The molecular weight excluding hydrogens is 338 g/mol. The Kier molecular flexibility index (Phi) is 4.58. The van der Waals surface area contributed by atoms with Crippen molar-refractivity contribution in [1.29, 1.82) is 0 Å². The van der Waals surface area contributed by atoms with E-state index in [-0.39, 0.29) is 24.2 Å². The average molecular weight is 350 g/mol. The van der Waals surface area contributed by atoms with E-state index in [1.165, 1.54) is 28.7 Å². The van der Waals surface area contributed by atoms with Gasteiger partial charge in [0.2, 0.25) is 0 Å². The Morgan fingerprint density at radius 1 is 1.17 bits per heavy atom. The van der Waals surface area contributed by atoms with Crippen LogP contribution in [0.4, 0.5) is 8.78 Å². The Bertz CT molecular complexity index is 837. The summed E-state index contributed by atoms with van der Waals surface area (Å²) in [6.45, 7) is 1.90. The summed E-state index contributed by atoms with van der Waals surface area (Å²) in [5, 5.41) is 2.50. The van der Waals surface area contributed by atoms with E-state index in [0.29, 0.717) is 5.01 Å². The van der Waals surface area contributed by atoms with Gasteiger partial charge in [0.1, 0.15) is 22.4 Å². The summed E-state index contributed by atoms with van der Waals surface area (Å²) in [6, 6.07) is 3.59. The lowest BCUT2D eigenvalue weighted by Gasteiger charge is -2.03. The number of halogens is 2. The van der Waals surface area contributed by atoms with Gasteiger partial charge in [0, 0.05) is 17.4 Å². The van der Waals surface area contributed by atoms with Crippen molar-refractivity contribution in [3.8, 4) is 10.6 Å². The first kappa shape index (κ1) is 15.9. The van der Waals surface area contributed by atoms with Crippen LogP contribution in [0, 0.1) is 18.6 Å². The minimum absolute atomic E-state index is 0.0658. The third kappa shape index (κ3) is 3.51.